The van der Waals surface area contributed by atoms with E-state index in [1.807, 2.05) is 30.3 Å². The number of nitrogens with one attached hydrogen (secondary N) is 1. The van der Waals surface area contributed by atoms with Gasteiger partial charge in [0, 0.05) is 38.1 Å². The second-order valence-electron chi connectivity index (χ2n) is 10.8. The van der Waals surface area contributed by atoms with Gasteiger partial charge in [0.05, 0.1) is 23.6 Å². The van der Waals surface area contributed by atoms with E-state index < -0.39 is 28.3 Å². The third kappa shape index (κ3) is 8.37. The number of aliphatic hydroxyl groups is 1. The Morgan fingerprint density at radius 3 is 2.26 bits per heavy atom. The van der Waals surface area contributed by atoms with Gasteiger partial charge < -0.3 is 15.5 Å². The lowest BCUT2D eigenvalue weighted by molar-refractivity contribution is -0.114. The zero-order valence-corrected chi connectivity index (χ0v) is 24.5. The lowest BCUT2D eigenvalue weighted by Crippen LogP contribution is -2.52. The highest BCUT2D eigenvalue weighted by molar-refractivity contribution is 7.89. The summed E-state index contributed by atoms with van der Waals surface area (Å²) in [6, 6.07) is 17.7. The van der Waals surface area contributed by atoms with Crippen molar-refractivity contribution in [2.24, 2.45) is 5.92 Å². The van der Waals surface area contributed by atoms with Crippen molar-refractivity contribution in [2.45, 2.75) is 62.6 Å². The maximum Gasteiger partial charge on any atom is 0.407 e. The molecule has 3 N–H and O–H groups in total. The van der Waals surface area contributed by atoms with Crippen LogP contribution < -0.4 is 5.32 Å². The van der Waals surface area contributed by atoms with E-state index in [0.717, 1.165) is 36.1 Å². The second-order valence-corrected chi connectivity index (χ2v) is 12.7. The molecule has 1 aliphatic rings. The Balaban J connectivity index is 1.65. The molecule has 1 saturated carbocycles. The summed E-state index contributed by atoms with van der Waals surface area (Å²) in [6.07, 6.45) is 4.62. The van der Waals surface area contributed by atoms with Crippen LogP contribution in [0.1, 0.15) is 43.7 Å². The minimum absolute atomic E-state index is 0.0162. The zero-order chi connectivity index (χ0) is 30.1. The molecule has 42 heavy (non-hydrogen) atoms. The number of carboxylic acid groups (broad SMARTS) is 1. The van der Waals surface area contributed by atoms with E-state index in [0.29, 0.717) is 11.3 Å². The minimum Gasteiger partial charge on any atom is -0.465 e. The normalized spacial score (nSPS) is 15.3. The van der Waals surface area contributed by atoms with Gasteiger partial charge in [-0.2, -0.15) is 4.31 Å². The van der Waals surface area contributed by atoms with E-state index in [2.05, 4.69) is 10.3 Å². The molecule has 2 amide bonds. The number of carbonyl (C=O) groups is 2. The van der Waals surface area contributed by atoms with E-state index >= 15 is 0 Å². The molecule has 0 saturated heterocycles. The van der Waals surface area contributed by atoms with Gasteiger partial charge in [0.2, 0.25) is 15.9 Å². The molecular formula is C31H38N4O6S. The highest BCUT2D eigenvalue weighted by Gasteiger charge is 2.36. The average molecular weight is 595 g/mol. The number of benzene rings is 2. The number of aromatic nitrogens is 1. The molecule has 11 heteroatoms. The Morgan fingerprint density at radius 2 is 1.67 bits per heavy atom. The smallest absolute Gasteiger partial charge is 0.407 e. The Hall–Kier alpha value is -3.80. The number of nitrogens with zero attached hydrogens (tertiary/aromatic N) is 3. The van der Waals surface area contributed by atoms with E-state index in [1.54, 1.807) is 24.5 Å². The first kappa shape index (κ1) is 31.1. The van der Waals surface area contributed by atoms with Gasteiger partial charge in [0.25, 0.3) is 0 Å². The molecule has 0 bridgehead atoms. The molecular weight excluding hydrogens is 556 g/mol. The fraction of sp³-hybridized carbons (Fsp3) is 0.387. The van der Waals surface area contributed by atoms with Crippen LogP contribution in [0.25, 0.3) is 0 Å². The van der Waals surface area contributed by atoms with Gasteiger partial charge in [-0.15, -0.1) is 0 Å². The van der Waals surface area contributed by atoms with Crippen LogP contribution in [0.15, 0.2) is 84.0 Å². The van der Waals surface area contributed by atoms with Crippen molar-refractivity contribution < 1.29 is 28.2 Å². The predicted molar refractivity (Wildman–Crippen MR) is 159 cm³/mol. The first-order chi connectivity index (χ1) is 20.1. The van der Waals surface area contributed by atoms with Crippen LogP contribution in [0, 0.1) is 5.92 Å². The minimum atomic E-state index is -4.06. The highest BCUT2D eigenvalue weighted by atomic mass is 32.2. The number of carbonyl (C=O) groups excluding carboxylic acids is 1. The van der Waals surface area contributed by atoms with Gasteiger partial charge in [-0.05, 0) is 66.6 Å². The zero-order valence-electron chi connectivity index (χ0n) is 23.7. The van der Waals surface area contributed by atoms with Crippen molar-refractivity contribution in [1.82, 2.24) is 14.2 Å². The van der Waals surface area contributed by atoms with Crippen molar-refractivity contribution >= 4 is 27.7 Å². The van der Waals surface area contributed by atoms with Gasteiger partial charge in [0.1, 0.15) is 0 Å². The van der Waals surface area contributed by atoms with Crippen LogP contribution in [-0.2, 0) is 27.8 Å². The van der Waals surface area contributed by atoms with Gasteiger partial charge in [-0.3, -0.25) is 14.7 Å². The summed E-state index contributed by atoms with van der Waals surface area (Å²) in [5.74, 6) is -0.125. The third-order valence-electron chi connectivity index (χ3n) is 7.59. The molecule has 0 radical (unpaired) electrons. The molecule has 0 unspecified atom stereocenters. The predicted octanol–water partition coefficient (Wildman–Crippen LogP) is 4.37. The molecule has 3 aromatic rings. The number of hydrogen-bond acceptors (Lipinski definition) is 6. The number of aliphatic hydroxyl groups excluding tert-OH is 1. The topological polar surface area (TPSA) is 140 Å². The molecule has 1 aromatic heterocycles. The summed E-state index contributed by atoms with van der Waals surface area (Å²) in [6.45, 7) is 1.30. The molecule has 4 rings (SSSR count). The Morgan fingerprint density at radius 1 is 1.00 bits per heavy atom. The van der Waals surface area contributed by atoms with Crippen LogP contribution >= 0.6 is 0 Å². The van der Waals surface area contributed by atoms with Crippen LogP contribution in [-0.4, -0.2) is 70.1 Å². The average Bonchev–Trinajstić information content (AvgIpc) is 3.49. The van der Waals surface area contributed by atoms with Gasteiger partial charge in [-0.1, -0.05) is 49.2 Å². The quantitative estimate of drug-likeness (QED) is 0.267. The maximum atomic E-state index is 14.0. The number of amides is 2. The molecule has 224 valence electrons. The molecule has 10 nitrogen and oxygen atoms in total. The Bertz CT molecular complexity index is 1410. The van der Waals surface area contributed by atoms with Crippen LogP contribution in [0.4, 0.5) is 10.5 Å². The molecule has 2 aromatic carbocycles. The molecule has 0 aliphatic heterocycles. The molecule has 1 aliphatic carbocycles. The van der Waals surface area contributed by atoms with Gasteiger partial charge in [-0.25, -0.2) is 13.2 Å². The maximum absolute atomic E-state index is 14.0. The Kier molecular flexibility index (Phi) is 10.7. The van der Waals surface area contributed by atoms with Crippen molar-refractivity contribution in [3.05, 3.63) is 90.3 Å². The first-order valence-corrected chi connectivity index (χ1v) is 15.6. The lowest BCUT2D eigenvalue weighted by Gasteiger charge is -2.36. The fourth-order valence-corrected chi connectivity index (χ4v) is 7.00. The largest absolute Gasteiger partial charge is 0.465 e. The van der Waals surface area contributed by atoms with E-state index in [-0.39, 0.29) is 42.8 Å². The molecule has 1 heterocycles. The summed E-state index contributed by atoms with van der Waals surface area (Å²) in [5, 5.41) is 24.6. The number of rotatable bonds is 13. The van der Waals surface area contributed by atoms with Crippen molar-refractivity contribution in [2.75, 3.05) is 18.4 Å². The lowest BCUT2D eigenvalue weighted by atomic mass is 9.98. The molecule has 0 spiro atoms. The summed E-state index contributed by atoms with van der Waals surface area (Å²) in [5.41, 5.74) is 1.94. The van der Waals surface area contributed by atoms with Crippen LogP contribution in [0.3, 0.4) is 0 Å². The SMILES string of the molecule is CC(=O)Nc1ccc(S(=O)(=O)N(CC2CCCC2)C[C@@H](O)[C@H](Cc2ccccc2)N(Cc2cccnc2)C(=O)O)cc1. The number of hydrogen-bond donors (Lipinski definition) is 3. The monoisotopic (exact) mass is 594 g/mol. The summed E-state index contributed by atoms with van der Waals surface area (Å²) in [7, 11) is -4.06. The van der Waals surface area contributed by atoms with Crippen LogP contribution in [0.2, 0.25) is 0 Å². The van der Waals surface area contributed by atoms with Crippen molar-refractivity contribution in [3.8, 4) is 0 Å². The Labute approximate surface area is 247 Å². The van der Waals surface area contributed by atoms with E-state index in [9.17, 15) is 28.2 Å². The van der Waals surface area contributed by atoms with Crippen LogP contribution in [0.5, 0.6) is 0 Å². The van der Waals surface area contributed by atoms with Gasteiger partial charge in [0.15, 0.2) is 0 Å². The van der Waals surface area contributed by atoms with Crippen molar-refractivity contribution in [1.29, 1.82) is 0 Å². The summed E-state index contributed by atoms with van der Waals surface area (Å²) < 4.78 is 29.2. The first-order valence-electron chi connectivity index (χ1n) is 14.1. The van der Waals surface area contributed by atoms with Crippen molar-refractivity contribution in [3.63, 3.8) is 0 Å². The highest BCUT2D eigenvalue weighted by Crippen LogP contribution is 2.29. The fourth-order valence-electron chi connectivity index (χ4n) is 5.47. The second kappa shape index (κ2) is 14.4. The number of pyridine rings is 1. The number of anilines is 1. The summed E-state index contributed by atoms with van der Waals surface area (Å²) in [4.78, 5) is 29.3. The van der Waals surface area contributed by atoms with Gasteiger partial charge >= 0.3 is 6.09 Å². The molecule has 2 atom stereocenters. The van der Waals surface area contributed by atoms with E-state index in [1.165, 1.54) is 35.5 Å². The summed E-state index contributed by atoms with van der Waals surface area (Å²) >= 11 is 0. The third-order valence-corrected chi connectivity index (χ3v) is 9.44. The van der Waals surface area contributed by atoms with E-state index in [4.69, 9.17) is 0 Å². The standard InChI is InChI=1S/C31H38N4O6S/c1-23(36)33-27-13-15-28(16-14-27)42(40,41)34(20-25-10-5-6-11-25)22-30(37)29(18-24-8-3-2-4-9-24)35(31(38)39)21-26-12-7-17-32-19-26/h2-4,7-9,12-17,19,25,29-30,37H,5-6,10-11,18,20-22H2,1H3,(H,33,36)(H,38,39)/t29-,30+/m0/s1. The number of sulfonamides is 1. The molecule has 1 fully saturated rings.